The highest BCUT2D eigenvalue weighted by Crippen LogP contribution is 2.51. The van der Waals surface area contributed by atoms with Gasteiger partial charge in [-0.15, -0.1) is 0 Å². The van der Waals surface area contributed by atoms with E-state index < -0.39 is 0 Å². The molecule has 0 aliphatic carbocycles. The highest BCUT2D eigenvalue weighted by atomic mass is 16.5. The molecule has 0 saturated heterocycles. The van der Waals surface area contributed by atoms with Crippen molar-refractivity contribution in [2.24, 2.45) is 0 Å². The molecule has 0 fully saturated rings. The summed E-state index contributed by atoms with van der Waals surface area (Å²) in [6.07, 6.45) is 0. The molecule has 9 aromatic rings. The maximum Gasteiger partial charge on any atom is 0.135 e. The summed E-state index contributed by atoms with van der Waals surface area (Å²) in [5.74, 6) is 1.81. The quantitative estimate of drug-likeness (QED) is 0.177. The van der Waals surface area contributed by atoms with Gasteiger partial charge >= 0.3 is 0 Å². The fourth-order valence-electron chi connectivity index (χ4n) is 7.96. The van der Waals surface area contributed by atoms with Crippen molar-refractivity contribution in [2.45, 2.75) is 0 Å². The zero-order valence-electron chi connectivity index (χ0n) is 26.7. The Morgan fingerprint density at radius 2 is 0.755 bits per heavy atom. The van der Waals surface area contributed by atoms with Crippen molar-refractivity contribution in [3.05, 3.63) is 182 Å². The van der Waals surface area contributed by atoms with E-state index in [1.54, 1.807) is 0 Å². The van der Waals surface area contributed by atoms with Crippen LogP contribution >= 0.6 is 0 Å². The average molecular weight is 623 g/mol. The van der Waals surface area contributed by atoms with Gasteiger partial charge in [0.05, 0.1) is 0 Å². The second-order valence-electron chi connectivity index (χ2n) is 12.8. The first kappa shape index (κ1) is 27.7. The summed E-state index contributed by atoms with van der Waals surface area (Å²) in [5.41, 5.74) is 12.2. The zero-order valence-corrected chi connectivity index (χ0v) is 26.7. The summed E-state index contributed by atoms with van der Waals surface area (Å²) in [5, 5.41) is 7.32. The maximum atomic E-state index is 6.48. The molecule has 0 aromatic heterocycles. The van der Waals surface area contributed by atoms with Crippen molar-refractivity contribution < 1.29 is 4.74 Å². The highest BCUT2D eigenvalue weighted by Gasteiger charge is 2.24. The molecule has 228 valence electrons. The third kappa shape index (κ3) is 4.33. The molecule has 1 heteroatoms. The Balaban J connectivity index is 1.25. The SMILES string of the molecule is c1ccc(-c2cccc(-c3ccccc3-c3c4ccccc4c(-c4ccc5c6c(cccc46)Oc4ccccc4-5)c4ccccc34)c2)cc1. The van der Waals surface area contributed by atoms with Crippen molar-refractivity contribution in [3.63, 3.8) is 0 Å². The summed E-state index contributed by atoms with van der Waals surface area (Å²) < 4.78 is 6.48. The van der Waals surface area contributed by atoms with Crippen LogP contribution in [-0.4, -0.2) is 0 Å². The predicted octanol–water partition coefficient (Wildman–Crippen LogP) is 13.6. The molecule has 0 amide bonds. The molecule has 1 aliphatic rings. The molecule has 1 nitrogen and oxygen atoms in total. The third-order valence-electron chi connectivity index (χ3n) is 10.1. The molecule has 1 aliphatic heterocycles. The monoisotopic (exact) mass is 622 g/mol. The Morgan fingerprint density at radius 3 is 1.49 bits per heavy atom. The fourth-order valence-corrected chi connectivity index (χ4v) is 7.96. The summed E-state index contributed by atoms with van der Waals surface area (Å²) in [4.78, 5) is 0. The summed E-state index contributed by atoms with van der Waals surface area (Å²) in [7, 11) is 0. The van der Waals surface area contributed by atoms with Gasteiger partial charge < -0.3 is 4.74 Å². The number of hydrogen-bond donors (Lipinski definition) is 0. The van der Waals surface area contributed by atoms with Crippen LogP contribution in [0.2, 0.25) is 0 Å². The number of rotatable bonds is 4. The van der Waals surface area contributed by atoms with Gasteiger partial charge in [0.15, 0.2) is 0 Å². The predicted molar refractivity (Wildman–Crippen MR) is 206 cm³/mol. The Bertz CT molecular complexity index is 2680. The Kier molecular flexibility index (Phi) is 6.25. The minimum absolute atomic E-state index is 0.906. The van der Waals surface area contributed by atoms with Crippen LogP contribution < -0.4 is 4.74 Å². The maximum absolute atomic E-state index is 6.48. The van der Waals surface area contributed by atoms with Crippen LogP contribution in [0.15, 0.2) is 182 Å². The van der Waals surface area contributed by atoms with Crippen molar-refractivity contribution in [1.82, 2.24) is 0 Å². The lowest BCUT2D eigenvalue weighted by molar-refractivity contribution is 0.487. The van der Waals surface area contributed by atoms with Crippen LogP contribution in [-0.2, 0) is 0 Å². The van der Waals surface area contributed by atoms with Gasteiger partial charge in [-0.05, 0) is 95.2 Å². The van der Waals surface area contributed by atoms with Crippen LogP contribution in [0.5, 0.6) is 11.5 Å². The third-order valence-corrected chi connectivity index (χ3v) is 10.1. The number of para-hydroxylation sites is 1. The molecule has 0 radical (unpaired) electrons. The Labute approximate surface area is 285 Å². The van der Waals surface area contributed by atoms with E-state index in [9.17, 15) is 0 Å². The van der Waals surface area contributed by atoms with Crippen molar-refractivity contribution in [3.8, 4) is 67.1 Å². The number of ether oxygens (including phenoxy) is 1. The van der Waals surface area contributed by atoms with Crippen molar-refractivity contribution in [2.75, 3.05) is 0 Å². The minimum atomic E-state index is 0.906. The van der Waals surface area contributed by atoms with E-state index in [0.29, 0.717) is 0 Å². The van der Waals surface area contributed by atoms with Crippen LogP contribution in [0.3, 0.4) is 0 Å². The van der Waals surface area contributed by atoms with Crippen LogP contribution in [0.1, 0.15) is 0 Å². The minimum Gasteiger partial charge on any atom is -0.456 e. The first-order valence-electron chi connectivity index (χ1n) is 16.9. The molecular weight excluding hydrogens is 593 g/mol. The van der Waals surface area contributed by atoms with Crippen LogP contribution in [0.25, 0.3) is 88.0 Å². The van der Waals surface area contributed by atoms with E-state index in [2.05, 4.69) is 176 Å². The molecule has 0 spiro atoms. The van der Waals surface area contributed by atoms with Crippen LogP contribution in [0, 0.1) is 0 Å². The standard InChI is InChI=1S/C48H30O/c1-2-14-31(15-3-1)32-16-12-17-33(30-32)34-18-4-5-20-36(34)46-37-21-6-8-23-39(37)47(40-24-9-7-22-38(40)46)43-29-28-42-35-19-10-11-26-44(35)49-45-27-13-25-41(43)48(42)45/h1-30H. The first-order valence-corrected chi connectivity index (χ1v) is 16.9. The topological polar surface area (TPSA) is 9.23 Å². The second-order valence-corrected chi connectivity index (χ2v) is 12.8. The summed E-state index contributed by atoms with van der Waals surface area (Å²) in [6, 6.07) is 65.7. The van der Waals surface area contributed by atoms with Gasteiger partial charge in [0, 0.05) is 10.9 Å². The highest BCUT2D eigenvalue weighted by molar-refractivity contribution is 6.25. The van der Waals surface area contributed by atoms with E-state index in [0.717, 1.165) is 17.1 Å². The molecule has 0 N–H and O–H groups in total. The molecule has 0 bridgehead atoms. The molecule has 0 saturated carbocycles. The van der Waals surface area contributed by atoms with E-state index in [1.165, 1.54) is 82.4 Å². The summed E-state index contributed by atoms with van der Waals surface area (Å²) in [6.45, 7) is 0. The zero-order chi connectivity index (χ0) is 32.3. The van der Waals surface area contributed by atoms with Gasteiger partial charge in [-0.3, -0.25) is 0 Å². The van der Waals surface area contributed by atoms with Gasteiger partial charge in [0.2, 0.25) is 0 Å². The summed E-state index contributed by atoms with van der Waals surface area (Å²) >= 11 is 0. The van der Waals surface area contributed by atoms with Gasteiger partial charge in [-0.2, -0.15) is 0 Å². The molecule has 10 rings (SSSR count). The normalized spacial score (nSPS) is 11.8. The number of benzene rings is 9. The molecule has 0 atom stereocenters. The van der Waals surface area contributed by atoms with E-state index in [4.69, 9.17) is 4.74 Å². The number of hydrogen-bond acceptors (Lipinski definition) is 1. The van der Waals surface area contributed by atoms with Crippen LogP contribution in [0.4, 0.5) is 0 Å². The largest absolute Gasteiger partial charge is 0.456 e. The molecule has 49 heavy (non-hydrogen) atoms. The molecule has 0 unspecified atom stereocenters. The molecule has 9 aromatic carbocycles. The molecular formula is C48H30O. The van der Waals surface area contributed by atoms with E-state index >= 15 is 0 Å². The van der Waals surface area contributed by atoms with Gasteiger partial charge in [-0.1, -0.05) is 164 Å². The Hall–Kier alpha value is -6.44. The van der Waals surface area contributed by atoms with Crippen molar-refractivity contribution >= 4 is 32.3 Å². The van der Waals surface area contributed by atoms with Gasteiger partial charge in [0.25, 0.3) is 0 Å². The fraction of sp³-hybridized carbons (Fsp3) is 0. The lowest BCUT2D eigenvalue weighted by Gasteiger charge is -2.24. The second kappa shape index (κ2) is 11.1. The smallest absolute Gasteiger partial charge is 0.135 e. The molecule has 1 heterocycles. The van der Waals surface area contributed by atoms with Gasteiger partial charge in [0.1, 0.15) is 11.5 Å². The van der Waals surface area contributed by atoms with Gasteiger partial charge in [-0.25, -0.2) is 0 Å². The lowest BCUT2D eigenvalue weighted by atomic mass is 9.82. The number of fused-ring (bicyclic) bond motifs is 4. The Morgan fingerprint density at radius 1 is 0.265 bits per heavy atom. The average Bonchev–Trinajstić information content (AvgIpc) is 3.18. The van der Waals surface area contributed by atoms with E-state index in [1.807, 2.05) is 6.07 Å². The van der Waals surface area contributed by atoms with Crippen molar-refractivity contribution in [1.29, 1.82) is 0 Å². The van der Waals surface area contributed by atoms with E-state index in [-0.39, 0.29) is 0 Å². The first-order chi connectivity index (χ1) is 24.3. The lowest BCUT2D eigenvalue weighted by Crippen LogP contribution is -1.98.